The van der Waals surface area contributed by atoms with Gasteiger partial charge in [0.05, 0.1) is 6.61 Å². The van der Waals surface area contributed by atoms with E-state index in [9.17, 15) is 14.7 Å². The van der Waals surface area contributed by atoms with Crippen molar-refractivity contribution in [3.05, 3.63) is 35.9 Å². The zero-order valence-electron chi connectivity index (χ0n) is 12.3. The molecule has 5 heteroatoms. The molecule has 0 saturated heterocycles. The third-order valence-corrected chi connectivity index (χ3v) is 3.86. The molecule has 0 aromatic heterocycles. The van der Waals surface area contributed by atoms with Gasteiger partial charge in [0.2, 0.25) is 5.91 Å². The van der Waals surface area contributed by atoms with Crippen LogP contribution in [0.25, 0.3) is 0 Å². The topological polar surface area (TPSA) is 78.4 Å². The molecule has 5 nitrogen and oxygen atoms in total. The Kier molecular flexibility index (Phi) is 4.96. The molecule has 1 saturated carbocycles. The van der Waals surface area contributed by atoms with Crippen LogP contribution in [0.4, 0.5) is 0 Å². The number of benzene rings is 1. The standard InChI is InChI=1S/C16H22N2O3/c1-12(18-15(21)13-5-3-2-4-6-13)9-14(20)17-10-16(11-19)7-8-16/h2-6,12,19H,7-11H2,1H3,(H,17,20)(H,18,21). The van der Waals surface area contributed by atoms with Crippen molar-refractivity contribution < 1.29 is 14.7 Å². The Labute approximate surface area is 124 Å². The number of aliphatic hydroxyl groups is 1. The van der Waals surface area contributed by atoms with E-state index >= 15 is 0 Å². The van der Waals surface area contributed by atoms with Crippen molar-refractivity contribution in [2.75, 3.05) is 13.2 Å². The van der Waals surface area contributed by atoms with Gasteiger partial charge in [0.1, 0.15) is 0 Å². The van der Waals surface area contributed by atoms with Crippen LogP contribution >= 0.6 is 0 Å². The first-order chi connectivity index (χ1) is 10.0. The summed E-state index contributed by atoms with van der Waals surface area (Å²) in [5.74, 6) is -0.277. The van der Waals surface area contributed by atoms with Crippen LogP contribution < -0.4 is 10.6 Å². The van der Waals surface area contributed by atoms with E-state index in [4.69, 9.17) is 0 Å². The van der Waals surface area contributed by atoms with E-state index in [-0.39, 0.29) is 36.3 Å². The van der Waals surface area contributed by atoms with Crippen molar-refractivity contribution in [1.82, 2.24) is 10.6 Å². The second-order valence-corrected chi connectivity index (χ2v) is 5.88. The minimum absolute atomic E-state index is 0.0911. The van der Waals surface area contributed by atoms with Gasteiger partial charge in [0.15, 0.2) is 0 Å². The quantitative estimate of drug-likeness (QED) is 0.703. The van der Waals surface area contributed by atoms with Gasteiger partial charge in [-0.3, -0.25) is 9.59 Å². The first kappa shape index (κ1) is 15.5. The Bertz CT molecular complexity index is 498. The molecule has 0 heterocycles. The summed E-state index contributed by atoms with van der Waals surface area (Å²) in [5.41, 5.74) is 0.494. The van der Waals surface area contributed by atoms with Crippen LogP contribution in [0.2, 0.25) is 0 Å². The lowest BCUT2D eigenvalue weighted by atomic mass is 10.1. The van der Waals surface area contributed by atoms with Crippen LogP contribution in [0.3, 0.4) is 0 Å². The van der Waals surface area contributed by atoms with E-state index in [1.54, 1.807) is 31.2 Å². The van der Waals surface area contributed by atoms with E-state index in [1.165, 1.54) is 0 Å². The molecule has 1 aromatic rings. The number of amides is 2. The second-order valence-electron chi connectivity index (χ2n) is 5.88. The van der Waals surface area contributed by atoms with Crippen molar-refractivity contribution >= 4 is 11.8 Å². The molecule has 0 bridgehead atoms. The number of rotatable bonds is 7. The molecule has 1 aliphatic carbocycles. The molecular formula is C16H22N2O3. The number of hydrogen-bond acceptors (Lipinski definition) is 3. The van der Waals surface area contributed by atoms with Gasteiger partial charge in [0, 0.05) is 30.0 Å². The van der Waals surface area contributed by atoms with Crippen molar-refractivity contribution in [3.63, 3.8) is 0 Å². The number of hydrogen-bond donors (Lipinski definition) is 3. The maximum absolute atomic E-state index is 11.9. The van der Waals surface area contributed by atoms with E-state index in [0.717, 1.165) is 12.8 Å². The Balaban J connectivity index is 1.72. The zero-order valence-corrected chi connectivity index (χ0v) is 12.3. The third-order valence-electron chi connectivity index (χ3n) is 3.86. The van der Waals surface area contributed by atoms with Gasteiger partial charge in [-0.15, -0.1) is 0 Å². The van der Waals surface area contributed by atoms with Gasteiger partial charge in [-0.1, -0.05) is 18.2 Å². The molecule has 1 atom stereocenters. The first-order valence-electron chi connectivity index (χ1n) is 7.28. The average molecular weight is 290 g/mol. The van der Waals surface area contributed by atoms with Crippen molar-refractivity contribution in [1.29, 1.82) is 0 Å². The van der Waals surface area contributed by atoms with Crippen molar-refractivity contribution in [3.8, 4) is 0 Å². The SMILES string of the molecule is CC(CC(=O)NCC1(CO)CC1)NC(=O)c1ccccc1. The fraction of sp³-hybridized carbons (Fsp3) is 0.500. The highest BCUT2D eigenvalue weighted by atomic mass is 16.3. The molecular weight excluding hydrogens is 268 g/mol. The highest BCUT2D eigenvalue weighted by molar-refractivity contribution is 5.94. The zero-order chi connectivity index (χ0) is 15.3. The van der Waals surface area contributed by atoms with E-state index in [0.29, 0.717) is 12.1 Å². The predicted octanol–water partition coefficient (Wildman–Crippen LogP) is 1.08. The van der Waals surface area contributed by atoms with Crippen LogP contribution in [0.15, 0.2) is 30.3 Å². The highest BCUT2D eigenvalue weighted by Gasteiger charge is 2.42. The van der Waals surface area contributed by atoms with Gasteiger partial charge >= 0.3 is 0 Å². The van der Waals surface area contributed by atoms with Crippen LogP contribution in [0.5, 0.6) is 0 Å². The number of aliphatic hydroxyl groups excluding tert-OH is 1. The summed E-state index contributed by atoms with van der Waals surface area (Å²) in [6.45, 7) is 2.44. The van der Waals surface area contributed by atoms with Crippen LogP contribution in [-0.4, -0.2) is 36.1 Å². The monoisotopic (exact) mass is 290 g/mol. The van der Waals surface area contributed by atoms with Crippen LogP contribution in [-0.2, 0) is 4.79 Å². The fourth-order valence-corrected chi connectivity index (χ4v) is 2.15. The summed E-state index contributed by atoms with van der Waals surface area (Å²) < 4.78 is 0. The van der Waals surface area contributed by atoms with Crippen molar-refractivity contribution in [2.45, 2.75) is 32.2 Å². The number of carbonyl (C=O) groups is 2. The van der Waals surface area contributed by atoms with Gasteiger partial charge in [-0.2, -0.15) is 0 Å². The minimum atomic E-state index is -0.234. The lowest BCUT2D eigenvalue weighted by molar-refractivity contribution is -0.121. The second kappa shape index (κ2) is 6.72. The fourth-order valence-electron chi connectivity index (χ4n) is 2.15. The van der Waals surface area contributed by atoms with E-state index in [2.05, 4.69) is 10.6 Å². The van der Waals surface area contributed by atoms with Crippen LogP contribution in [0, 0.1) is 5.41 Å². The Morgan fingerprint density at radius 3 is 2.52 bits per heavy atom. The normalized spacial score (nSPS) is 16.9. The van der Waals surface area contributed by atoms with Gasteiger partial charge in [0.25, 0.3) is 5.91 Å². The summed E-state index contributed by atoms with van der Waals surface area (Å²) in [4.78, 5) is 23.8. The lowest BCUT2D eigenvalue weighted by Crippen LogP contribution is -2.39. The predicted molar refractivity (Wildman–Crippen MR) is 79.7 cm³/mol. The molecule has 2 amide bonds. The molecule has 0 spiro atoms. The molecule has 1 aromatic carbocycles. The van der Waals surface area contributed by atoms with Crippen LogP contribution in [0.1, 0.15) is 36.5 Å². The minimum Gasteiger partial charge on any atom is -0.396 e. The summed E-state index contributed by atoms with van der Waals surface area (Å²) in [5, 5.41) is 14.8. The molecule has 0 aliphatic heterocycles. The first-order valence-corrected chi connectivity index (χ1v) is 7.28. The molecule has 2 rings (SSSR count). The van der Waals surface area contributed by atoms with Gasteiger partial charge < -0.3 is 15.7 Å². The molecule has 3 N–H and O–H groups in total. The molecule has 1 unspecified atom stereocenters. The summed E-state index contributed by atoms with van der Waals surface area (Å²) in [7, 11) is 0. The lowest BCUT2D eigenvalue weighted by Gasteiger charge is -2.16. The summed E-state index contributed by atoms with van der Waals surface area (Å²) in [6.07, 6.45) is 2.16. The smallest absolute Gasteiger partial charge is 0.251 e. The largest absolute Gasteiger partial charge is 0.396 e. The summed E-state index contributed by atoms with van der Waals surface area (Å²) >= 11 is 0. The highest BCUT2D eigenvalue weighted by Crippen LogP contribution is 2.44. The molecule has 114 valence electrons. The molecule has 1 aliphatic rings. The average Bonchev–Trinajstić information content (AvgIpc) is 3.26. The summed E-state index contributed by atoms with van der Waals surface area (Å²) in [6, 6.07) is 8.69. The molecule has 1 fully saturated rings. The maximum Gasteiger partial charge on any atom is 0.251 e. The molecule has 0 radical (unpaired) electrons. The maximum atomic E-state index is 11.9. The number of nitrogens with one attached hydrogen (secondary N) is 2. The van der Waals surface area contributed by atoms with Gasteiger partial charge in [-0.05, 0) is 31.9 Å². The van der Waals surface area contributed by atoms with Gasteiger partial charge in [-0.25, -0.2) is 0 Å². The van der Waals surface area contributed by atoms with Crippen molar-refractivity contribution in [2.24, 2.45) is 5.41 Å². The third kappa shape index (κ3) is 4.56. The number of carbonyl (C=O) groups excluding carboxylic acids is 2. The van der Waals surface area contributed by atoms with E-state index in [1.807, 2.05) is 6.07 Å². The van der Waals surface area contributed by atoms with E-state index < -0.39 is 0 Å². The Hall–Kier alpha value is -1.88. The Morgan fingerprint density at radius 2 is 1.95 bits per heavy atom. The molecule has 21 heavy (non-hydrogen) atoms. The Morgan fingerprint density at radius 1 is 1.29 bits per heavy atom.